The summed E-state index contributed by atoms with van der Waals surface area (Å²) in [7, 11) is 0. The Hall–Kier alpha value is -1.26. The lowest BCUT2D eigenvalue weighted by molar-refractivity contribution is -0.141. The minimum absolute atomic E-state index is 0.211. The van der Waals surface area contributed by atoms with Crippen LogP contribution in [0.1, 0.15) is 25.7 Å². The number of amides is 2. The Kier molecular flexibility index (Phi) is 2.31. The summed E-state index contributed by atoms with van der Waals surface area (Å²) in [4.78, 5) is 23.8. The van der Waals surface area contributed by atoms with Crippen molar-refractivity contribution in [2.24, 2.45) is 0 Å². The molecule has 2 amide bonds. The van der Waals surface area contributed by atoms with Crippen molar-refractivity contribution in [2.75, 3.05) is 6.54 Å². The Morgan fingerprint density at radius 2 is 2.00 bits per heavy atom. The van der Waals surface area contributed by atoms with Crippen molar-refractivity contribution in [1.29, 1.82) is 0 Å². The van der Waals surface area contributed by atoms with Gasteiger partial charge in [-0.25, -0.2) is 9.59 Å². The number of carbonyl (C=O) groups is 2. The quantitative estimate of drug-likeness (QED) is 0.675. The Morgan fingerprint density at radius 3 is 2.57 bits per heavy atom. The Balaban J connectivity index is 1.93. The summed E-state index contributed by atoms with van der Waals surface area (Å²) in [5.41, 5.74) is 0. The van der Waals surface area contributed by atoms with E-state index in [0.29, 0.717) is 13.0 Å². The molecule has 1 saturated heterocycles. The summed E-state index contributed by atoms with van der Waals surface area (Å²) in [6, 6.07) is -0.538. The molecule has 2 aliphatic rings. The minimum Gasteiger partial charge on any atom is -0.480 e. The van der Waals surface area contributed by atoms with E-state index in [9.17, 15) is 9.59 Å². The first kappa shape index (κ1) is 9.30. The molecule has 2 N–H and O–H groups in total. The number of hydrogen-bond donors (Lipinski definition) is 2. The van der Waals surface area contributed by atoms with E-state index in [1.54, 1.807) is 0 Å². The van der Waals surface area contributed by atoms with Crippen molar-refractivity contribution in [2.45, 2.75) is 37.8 Å². The number of urea groups is 1. The molecule has 2 rings (SSSR count). The van der Waals surface area contributed by atoms with Gasteiger partial charge in [-0.1, -0.05) is 0 Å². The van der Waals surface area contributed by atoms with Crippen LogP contribution in [0.3, 0.4) is 0 Å². The van der Waals surface area contributed by atoms with Crippen LogP contribution in [-0.4, -0.2) is 40.6 Å². The van der Waals surface area contributed by atoms with Gasteiger partial charge in [0.05, 0.1) is 0 Å². The van der Waals surface area contributed by atoms with Crippen molar-refractivity contribution < 1.29 is 14.7 Å². The molecule has 0 radical (unpaired) electrons. The number of carboxylic acids is 1. The number of nitrogens with one attached hydrogen (secondary N) is 1. The van der Waals surface area contributed by atoms with Gasteiger partial charge in [-0.05, 0) is 25.7 Å². The van der Waals surface area contributed by atoms with Crippen molar-refractivity contribution >= 4 is 12.0 Å². The van der Waals surface area contributed by atoms with Crippen LogP contribution in [0.5, 0.6) is 0 Å². The maximum atomic E-state index is 11.6. The van der Waals surface area contributed by atoms with Crippen molar-refractivity contribution in [1.82, 2.24) is 10.2 Å². The van der Waals surface area contributed by atoms with Crippen LogP contribution in [0.25, 0.3) is 0 Å². The summed E-state index contributed by atoms with van der Waals surface area (Å²) in [5, 5.41) is 11.7. The summed E-state index contributed by atoms with van der Waals surface area (Å²) < 4.78 is 0. The van der Waals surface area contributed by atoms with E-state index in [1.807, 2.05) is 0 Å². The Bertz CT molecular complexity index is 263. The topological polar surface area (TPSA) is 69.6 Å². The molecular formula is C9H14N2O3. The van der Waals surface area contributed by atoms with Crippen molar-refractivity contribution in [3.05, 3.63) is 0 Å². The second-order valence-corrected chi connectivity index (χ2v) is 3.91. The second-order valence-electron chi connectivity index (χ2n) is 3.91. The van der Waals surface area contributed by atoms with Gasteiger partial charge < -0.3 is 15.3 Å². The van der Waals surface area contributed by atoms with Gasteiger partial charge in [-0.15, -0.1) is 0 Å². The van der Waals surface area contributed by atoms with Crippen LogP contribution in [0, 0.1) is 0 Å². The molecule has 5 nitrogen and oxygen atoms in total. The van der Waals surface area contributed by atoms with E-state index < -0.39 is 12.0 Å². The highest BCUT2D eigenvalue weighted by Gasteiger charge is 2.35. The highest BCUT2D eigenvalue weighted by Crippen LogP contribution is 2.22. The van der Waals surface area contributed by atoms with Gasteiger partial charge in [-0.2, -0.15) is 0 Å². The Morgan fingerprint density at radius 1 is 1.29 bits per heavy atom. The smallest absolute Gasteiger partial charge is 0.326 e. The molecule has 0 unspecified atom stereocenters. The zero-order valence-electron chi connectivity index (χ0n) is 7.90. The average Bonchev–Trinajstić information content (AvgIpc) is 2.81. The summed E-state index contributed by atoms with van der Waals surface area (Å²) in [6.07, 6.45) is 3.41. The molecule has 0 aromatic rings. The molecule has 1 saturated carbocycles. The largest absolute Gasteiger partial charge is 0.480 e. The Labute approximate surface area is 82.1 Å². The zero-order valence-corrected chi connectivity index (χ0v) is 7.90. The zero-order chi connectivity index (χ0) is 10.1. The molecule has 1 aliphatic carbocycles. The van der Waals surface area contributed by atoms with Gasteiger partial charge in [0.2, 0.25) is 0 Å². The van der Waals surface area contributed by atoms with Crippen LogP contribution in [-0.2, 0) is 4.79 Å². The molecule has 0 aromatic carbocycles. The molecule has 0 bridgehead atoms. The van der Waals surface area contributed by atoms with Gasteiger partial charge in [-0.3, -0.25) is 0 Å². The molecule has 1 heterocycles. The first-order valence-electron chi connectivity index (χ1n) is 4.98. The van der Waals surface area contributed by atoms with Gasteiger partial charge in [0, 0.05) is 12.6 Å². The molecule has 14 heavy (non-hydrogen) atoms. The number of nitrogens with zero attached hydrogens (tertiary/aromatic N) is 1. The number of rotatable bonds is 2. The lowest BCUT2D eigenvalue weighted by Gasteiger charge is -2.21. The van der Waals surface area contributed by atoms with Crippen molar-refractivity contribution in [3.8, 4) is 0 Å². The molecule has 78 valence electrons. The fourth-order valence-corrected chi connectivity index (χ4v) is 1.75. The van der Waals surface area contributed by atoms with E-state index in [2.05, 4.69) is 5.32 Å². The second kappa shape index (κ2) is 3.48. The number of carboxylic acid groups (broad SMARTS) is 1. The van der Waals surface area contributed by atoms with Crippen LogP contribution < -0.4 is 5.32 Å². The third-order valence-corrected chi connectivity index (χ3v) is 2.70. The van der Waals surface area contributed by atoms with E-state index in [0.717, 1.165) is 19.3 Å². The highest BCUT2D eigenvalue weighted by atomic mass is 16.4. The predicted molar refractivity (Wildman–Crippen MR) is 48.9 cm³/mol. The number of hydrogen-bond acceptors (Lipinski definition) is 2. The van der Waals surface area contributed by atoms with Gasteiger partial charge >= 0.3 is 12.0 Å². The molecule has 0 aromatic heterocycles. The fourth-order valence-electron chi connectivity index (χ4n) is 1.75. The first-order valence-corrected chi connectivity index (χ1v) is 4.98. The monoisotopic (exact) mass is 198 g/mol. The first-order chi connectivity index (χ1) is 6.68. The number of aliphatic carboxylic acids is 1. The maximum Gasteiger partial charge on any atom is 0.326 e. The third-order valence-electron chi connectivity index (χ3n) is 2.70. The normalized spacial score (nSPS) is 26.3. The lowest BCUT2D eigenvalue weighted by atomic mass is 10.2. The van der Waals surface area contributed by atoms with Crippen LogP contribution >= 0.6 is 0 Å². The van der Waals surface area contributed by atoms with Crippen molar-refractivity contribution in [3.63, 3.8) is 0 Å². The van der Waals surface area contributed by atoms with E-state index in [4.69, 9.17) is 5.11 Å². The van der Waals surface area contributed by atoms with E-state index >= 15 is 0 Å². The van der Waals surface area contributed by atoms with E-state index in [1.165, 1.54) is 4.90 Å². The van der Waals surface area contributed by atoms with Gasteiger partial charge in [0.1, 0.15) is 6.04 Å². The highest BCUT2D eigenvalue weighted by molar-refractivity contribution is 5.83. The number of carbonyl (C=O) groups excluding carboxylic acids is 1. The van der Waals surface area contributed by atoms with Gasteiger partial charge in [0.25, 0.3) is 0 Å². The minimum atomic E-state index is -0.895. The summed E-state index contributed by atoms with van der Waals surface area (Å²) >= 11 is 0. The molecular weight excluding hydrogens is 184 g/mol. The van der Waals surface area contributed by atoms with Crippen LogP contribution in [0.15, 0.2) is 0 Å². The standard InChI is InChI=1S/C9H14N2O3/c12-8(13)7-2-1-5-11(7)9(14)10-6-3-4-6/h6-7H,1-5H2,(H,10,14)(H,12,13)/t7-/m1/s1. The third kappa shape index (κ3) is 1.81. The maximum absolute atomic E-state index is 11.6. The van der Waals surface area contributed by atoms with Crippen LogP contribution in [0.4, 0.5) is 4.79 Å². The average molecular weight is 198 g/mol. The summed E-state index contributed by atoms with van der Waals surface area (Å²) in [6.45, 7) is 0.565. The summed E-state index contributed by atoms with van der Waals surface area (Å²) in [5.74, 6) is -0.895. The lowest BCUT2D eigenvalue weighted by Crippen LogP contribution is -2.46. The van der Waals surface area contributed by atoms with Gasteiger partial charge in [0.15, 0.2) is 0 Å². The van der Waals surface area contributed by atoms with Crippen LogP contribution in [0.2, 0.25) is 0 Å². The predicted octanol–water partition coefficient (Wildman–Crippen LogP) is 0.407. The molecule has 0 spiro atoms. The number of likely N-dealkylation sites (tertiary alicyclic amines) is 1. The SMILES string of the molecule is O=C(O)[C@H]1CCCN1C(=O)NC1CC1. The molecule has 1 atom stereocenters. The fraction of sp³-hybridized carbons (Fsp3) is 0.778. The molecule has 1 aliphatic heterocycles. The molecule has 2 fully saturated rings. The molecule has 5 heteroatoms. The van der Waals surface area contributed by atoms with E-state index in [-0.39, 0.29) is 12.1 Å².